The molecule has 1 N–H and O–H groups in total. The quantitative estimate of drug-likeness (QED) is 0.609. The number of alkyl halides is 2. The lowest BCUT2D eigenvalue weighted by Crippen LogP contribution is -2.19. The zero-order valence-electron chi connectivity index (χ0n) is 15.9. The Morgan fingerprint density at radius 1 is 1.23 bits per heavy atom. The summed E-state index contributed by atoms with van der Waals surface area (Å²) in [5, 5.41) is 6.46. The third-order valence-electron chi connectivity index (χ3n) is 5.19. The van der Waals surface area contributed by atoms with Crippen LogP contribution in [0.15, 0.2) is 41.4 Å². The van der Waals surface area contributed by atoms with Gasteiger partial charge in [0, 0.05) is 30.1 Å². The first-order valence-corrected chi connectivity index (χ1v) is 9.55. The summed E-state index contributed by atoms with van der Waals surface area (Å²) in [6, 6.07) is 3.26. The van der Waals surface area contributed by atoms with E-state index in [9.17, 15) is 18.4 Å². The standard InChI is InChI=1S/C20H19F2N5O3/c21-18(22)17-15(9-27(26-17)14-3-1-12(10-28)2-4-14)24-19(29)16-11-30-20(25-16)13-5-7-23-8-6-13/h5-12,14,18H,1-4H2,(H,24,29). The number of rotatable bonds is 6. The van der Waals surface area contributed by atoms with Crippen molar-refractivity contribution < 1.29 is 22.8 Å². The highest BCUT2D eigenvalue weighted by Gasteiger charge is 2.27. The molecule has 0 unspecified atom stereocenters. The highest BCUT2D eigenvalue weighted by molar-refractivity contribution is 6.03. The van der Waals surface area contributed by atoms with Crippen molar-refractivity contribution in [3.8, 4) is 11.5 Å². The van der Waals surface area contributed by atoms with Crippen LogP contribution in [-0.4, -0.2) is 31.9 Å². The number of amides is 1. The predicted molar refractivity (Wildman–Crippen MR) is 102 cm³/mol. The molecule has 156 valence electrons. The maximum atomic E-state index is 13.5. The molecule has 0 atom stereocenters. The highest BCUT2D eigenvalue weighted by atomic mass is 19.3. The Morgan fingerprint density at radius 3 is 2.63 bits per heavy atom. The summed E-state index contributed by atoms with van der Waals surface area (Å²) in [6.45, 7) is 0. The van der Waals surface area contributed by atoms with E-state index in [0.29, 0.717) is 31.2 Å². The van der Waals surface area contributed by atoms with Crippen LogP contribution in [-0.2, 0) is 4.79 Å². The number of carbonyl (C=O) groups excluding carboxylic acids is 2. The monoisotopic (exact) mass is 415 g/mol. The zero-order chi connectivity index (χ0) is 21.1. The molecule has 0 spiro atoms. The second-order valence-electron chi connectivity index (χ2n) is 7.14. The van der Waals surface area contributed by atoms with Crippen LogP contribution in [0.4, 0.5) is 14.5 Å². The van der Waals surface area contributed by atoms with E-state index in [1.54, 1.807) is 24.5 Å². The lowest BCUT2D eigenvalue weighted by molar-refractivity contribution is -0.112. The van der Waals surface area contributed by atoms with Crippen LogP contribution < -0.4 is 5.32 Å². The third kappa shape index (κ3) is 4.12. The van der Waals surface area contributed by atoms with E-state index in [1.807, 2.05) is 0 Å². The van der Waals surface area contributed by atoms with E-state index in [4.69, 9.17) is 4.42 Å². The largest absolute Gasteiger partial charge is 0.444 e. The number of pyridine rings is 1. The molecule has 0 aromatic carbocycles. The van der Waals surface area contributed by atoms with Gasteiger partial charge >= 0.3 is 0 Å². The average molecular weight is 415 g/mol. The summed E-state index contributed by atoms with van der Waals surface area (Å²) >= 11 is 0. The molecule has 1 aliphatic carbocycles. The molecule has 8 nitrogen and oxygen atoms in total. The van der Waals surface area contributed by atoms with Gasteiger partial charge in [-0.05, 0) is 37.8 Å². The van der Waals surface area contributed by atoms with Crippen molar-refractivity contribution in [2.45, 2.75) is 38.2 Å². The number of oxazole rings is 1. The Labute approximate surface area is 170 Å². The van der Waals surface area contributed by atoms with E-state index in [2.05, 4.69) is 20.4 Å². The van der Waals surface area contributed by atoms with E-state index in [0.717, 1.165) is 12.5 Å². The van der Waals surface area contributed by atoms with E-state index in [1.165, 1.54) is 10.9 Å². The van der Waals surface area contributed by atoms with Crippen molar-refractivity contribution >= 4 is 17.9 Å². The Bertz CT molecular complexity index is 1030. The molecule has 0 bridgehead atoms. The van der Waals surface area contributed by atoms with Gasteiger partial charge in [0.05, 0.1) is 11.7 Å². The Balaban J connectivity index is 1.51. The summed E-state index contributed by atoms with van der Waals surface area (Å²) in [6.07, 6.45) is 6.50. The molecular weight excluding hydrogens is 396 g/mol. The first-order chi connectivity index (χ1) is 14.5. The summed E-state index contributed by atoms with van der Waals surface area (Å²) in [7, 11) is 0. The molecule has 10 heteroatoms. The number of aromatic nitrogens is 4. The molecule has 4 rings (SSSR count). The van der Waals surface area contributed by atoms with Gasteiger partial charge in [0.15, 0.2) is 11.4 Å². The van der Waals surface area contributed by atoms with Crippen molar-refractivity contribution in [1.29, 1.82) is 0 Å². The summed E-state index contributed by atoms with van der Waals surface area (Å²) in [4.78, 5) is 31.5. The third-order valence-corrected chi connectivity index (χ3v) is 5.19. The predicted octanol–water partition coefficient (Wildman–Crippen LogP) is 4.05. The van der Waals surface area contributed by atoms with Gasteiger partial charge in [-0.1, -0.05) is 0 Å². The van der Waals surface area contributed by atoms with Gasteiger partial charge in [-0.15, -0.1) is 0 Å². The lowest BCUT2D eigenvalue weighted by Gasteiger charge is -2.25. The summed E-state index contributed by atoms with van der Waals surface area (Å²) < 4.78 is 33.8. The van der Waals surface area contributed by atoms with Gasteiger partial charge < -0.3 is 14.5 Å². The minimum Gasteiger partial charge on any atom is -0.444 e. The van der Waals surface area contributed by atoms with Crippen LogP contribution in [0, 0.1) is 5.92 Å². The molecule has 1 saturated carbocycles. The van der Waals surface area contributed by atoms with E-state index in [-0.39, 0.29) is 29.2 Å². The molecular formula is C20H19F2N5O3. The number of hydrogen-bond donors (Lipinski definition) is 1. The van der Waals surface area contributed by atoms with Gasteiger partial charge in [0.2, 0.25) is 5.89 Å². The van der Waals surface area contributed by atoms with Crippen molar-refractivity contribution in [2.75, 3.05) is 5.32 Å². The lowest BCUT2D eigenvalue weighted by atomic mass is 9.87. The zero-order valence-corrected chi connectivity index (χ0v) is 15.9. The minimum atomic E-state index is -2.85. The highest BCUT2D eigenvalue weighted by Crippen LogP contribution is 2.34. The van der Waals surface area contributed by atoms with Gasteiger partial charge in [-0.25, -0.2) is 13.8 Å². The van der Waals surface area contributed by atoms with Crippen LogP contribution >= 0.6 is 0 Å². The number of nitrogens with zero attached hydrogens (tertiary/aromatic N) is 4. The van der Waals surface area contributed by atoms with Crippen LogP contribution in [0.3, 0.4) is 0 Å². The smallest absolute Gasteiger partial charge is 0.284 e. The molecule has 0 aliphatic heterocycles. The number of anilines is 1. The fourth-order valence-corrected chi connectivity index (χ4v) is 3.54. The molecule has 1 amide bonds. The van der Waals surface area contributed by atoms with Crippen LogP contribution in [0.25, 0.3) is 11.5 Å². The minimum absolute atomic E-state index is 0.00677. The van der Waals surface area contributed by atoms with E-state index >= 15 is 0 Å². The molecule has 0 radical (unpaired) electrons. The van der Waals surface area contributed by atoms with Crippen molar-refractivity contribution in [3.05, 3.63) is 48.4 Å². The number of nitrogens with one attached hydrogen (secondary N) is 1. The summed E-state index contributed by atoms with van der Waals surface area (Å²) in [5.41, 5.74) is 0.0250. The number of carbonyl (C=O) groups is 2. The Kier molecular flexibility index (Phi) is 5.64. The van der Waals surface area contributed by atoms with Crippen molar-refractivity contribution in [3.63, 3.8) is 0 Å². The van der Waals surface area contributed by atoms with Crippen LogP contribution in [0.5, 0.6) is 0 Å². The van der Waals surface area contributed by atoms with Gasteiger partial charge in [0.1, 0.15) is 12.5 Å². The van der Waals surface area contributed by atoms with Crippen molar-refractivity contribution in [2.24, 2.45) is 5.92 Å². The van der Waals surface area contributed by atoms with Gasteiger partial charge in [0.25, 0.3) is 12.3 Å². The maximum Gasteiger partial charge on any atom is 0.284 e. The molecule has 3 aromatic heterocycles. The molecule has 0 saturated heterocycles. The van der Waals surface area contributed by atoms with E-state index < -0.39 is 18.0 Å². The van der Waals surface area contributed by atoms with Gasteiger partial charge in [-0.3, -0.25) is 14.5 Å². The second-order valence-corrected chi connectivity index (χ2v) is 7.14. The fraction of sp³-hybridized carbons (Fsp3) is 0.350. The SMILES string of the molecule is O=CC1CCC(n2cc(NC(=O)c3coc(-c4ccncc4)n3)c(C(F)F)n2)CC1. The topological polar surface area (TPSA) is 103 Å². The number of hydrogen-bond acceptors (Lipinski definition) is 6. The maximum absolute atomic E-state index is 13.5. The van der Waals surface area contributed by atoms with Crippen LogP contribution in [0.2, 0.25) is 0 Å². The average Bonchev–Trinajstić information content (AvgIpc) is 3.42. The Hall–Kier alpha value is -3.43. The number of aldehydes is 1. The molecule has 1 aliphatic rings. The Morgan fingerprint density at radius 2 is 1.97 bits per heavy atom. The second kappa shape index (κ2) is 8.52. The fourth-order valence-electron chi connectivity index (χ4n) is 3.54. The van der Waals surface area contributed by atoms with Gasteiger partial charge in [-0.2, -0.15) is 5.10 Å². The van der Waals surface area contributed by atoms with Crippen molar-refractivity contribution in [1.82, 2.24) is 19.7 Å². The molecule has 1 fully saturated rings. The summed E-state index contributed by atoms with van der Waals surface area (Å²) in [5.74, 6) is -0.447. The first-order valence-electron chi connectivity index (χ1n) is 9.55. The van der Waals surface area contributed by atoms with Crippen LogP contribution in [0.1, 0.15) is 54.3 Å². The number of halogens is 2. The molecule has 3 aromatic rings. The normalized spacial score (nSPS) is 19.0. The molecule has 3 heterocycles. The molecule has 30 heavy (non-hydrogen) atoms. The first kappa shape index (κ1) is 19.9.